The molecule has 1 unspecified atom stereocenters. The highest BCUT2D eigenvalue weighted by atomic mass is 35.5. The first kappa shape index (κ1) is 34.8. The molecule has 0 saturated heterocycles. The normalized spacial score (nSPS) is 14.0. The molecule has 1 atom stereocenters. The van der Waals surface area contributed by atoms with E-state index in [4.69, 9.17) is 20.8 Å². The van der Waals surface area contributed by atoms with E-state index in [1.54, 1.807) is 24.3 Å². The number of aromatic nitrogens is 2. The van der Waals surface area contributed by atoms with Gasteiger partial charge in [0.2, 0.25) is 0 Å². The number of carbonyl (C=O) groups excluding carboxylic acids is 1. The third-order valence-electron chi connectivity index (χ3n) is 9.23. The number of nitrogens with one attached hydrogen (secondary N) is 1. The molecule has 7 aromatic rings. The highest BCUT2D eigenvalue weighted by Gasteiger charge is 2.30. The van der Waals surface area contributed by atoms with Crippen LogP contribution in [0.1, 0.15) is 45.8 Å². The van der Waals surface area contributed by atoms with Crippen molar-refractivity contribution in [3.05, 3.63) is 167 Å². The van der Waals surface area contributed by atoms with Gasteiger partial charge in [-0.05, 0) is 72.1 Å². The zero-order valence-electron chi connectivity index (χ0n) is 28.7. The van der Waals surface area contributed by atoms with Crippen LogP contribution in [0, 0.1) is 0 Å². The van der Waals surface area contributed by atoms with Gasteiger partial charge in [0.05, 0.1) is 16.1 Å². The minimum absolute atomic E-state index is 0.00605. The van der Waals surface area contributed by atoms with E-state index in [0.29, 0.717) is 30.4 Å². The molecule has 0 saturated carbocycles. The lowest BCUT2D eigenvalue weighted by Crippen LogP contribution is -2.30. The van der Waals surface area contributed by atoms with Gasteiger partial charge in [-0.3, -0.25) is 9.78 Å². The second-order valence-corrected chi connectivity index (χ2v) is 16.5. The maximum absolute atomic E-state index is 13.1. The summed E-state index contributed by atoms with van der Waals surface area (Å²) in [5.41, 5.74) is 7.32. The van der Waals surface area contributed by atoms with E-state index in [-0.39, 0.29) is 15.9 Å². The van der Waals surface area contributed by atoms with Crippen molar-refractivity contribution in [3.63, 3.8) is 0 Å². The molecule has 0 aliphatic carbocycles. The molecule has 8 rings (SSSR count). The number of pyridine rings is 1. The third-order valence-corrected chi connectivity index (χ3v) is 12.1. The summed E-state index contributed by atoms with van der Waals surface area (Å²) in [5.74, 6) is 0.438. The fourth-order valence-corrected chi connectivity index (χ4v) is 9.10. The van der Waals surface area contributed by atoms with E-state index >= 15 is 0 Å². The van der Waals surface area contributed by atoms with Gasteiger partial charge in [-0.15, -0.1) is 11.8 Å². The van der Waals surface area contributed by atoms with Gasteiger partial charge in [0.1, 0.15) is 18.1 Å². The summed E-state index contributed by atoms with van der Waals surface area (Å²) in [6.45, 7) is 3.13. The number of nitrogens with zero attached hydrogens (tertiary/aromatic N) is 2. The van der Waals surface area contributed by atoms with Crippen LogP contribution in [-0.4, -0.2) is 29.1 Å². The lowest BCUT2D eigenvalue weighted by Gasteiger charge is -2.22. The van der Waals surface area contributed by atoms with Crippen molar-refractivity contribution in [2.45, 2.75) is 48.0 Å². The molecule has 1 amide bonds. The van der Waals surface area contributed by atoms with Crippen molar-refractivity contribution in [1.29, 1.82) is 0 Å². The second kappa shape index (κ2) is 14.6. The summed E-state index contributed by atoms with van der Waals surface area (Å²) in [7, 11) is -4.07. The molecule has 0 radical (unpaired) electrons. The molecule has 8 nitrogen and oxygen atoms in total. The Morgan fingerprint density at radius 2 is 1.68 bits per heavy atom. The highest BCUT2D eigenvalue weighted by Crippen LogP contribution is 2.47. The third kappa shape index (κ3) is 7.35. The summed E-state index contributed by atoms with van der Waals surface area (Å²) in [5, 5.41) is 2.07. The molecule has 0 fully saturated rings. The molecule has 0 bridgehead atoms. The summed E-state index contributed by atoms with van der Waals surface area (Å²) < 4.78 is 42.6. The van der Waals surface area contributed by atoms with Gasteiger partial charge < -0.3 is 13.7 Å². The fraction of sp³-hybridized carbons (Fsp3) is 0.143. The Bertz CT molecular complexity index is 2530. The second-order valence-electron chi connectivity index (χ2n) is 12.9. The smallest absolute Gasteiger partial charge is 0.300 e. The molecule has 0 spiro atoms. The minimum atomic E-state index is -4.07. The molecular formula is C42H34ClN3O5S2. The van der Waals surface area contributed by atoms with Crippen molar-refractivity contribution in [1.82, 2.24) is 14.3 Å². The van der Waals surface area contributed by atoms with Crippen molar-refractivity contribution in [2.24, 2.45) is 0 Å². The topological polar surface area (TPSA) is 103 Å². The number of hydrogen-bond acceptors (Lipinski definition) is 7. The molecule has 266 valence electrons. The predicted octanol–water partition coefficient (Wildman–Crippen LogP) is 9.32. The van der Waals surface area contributed by atoms with Crippen LogP contribution in [0.5, 0.6) is 5.75 Å². The zero-order chi connectivity index (χ0) is 36.5. The molecule has 4 aromatic carbocycles. The van der Waals surface area contributed by atoms with E-state index in [1.165, 1.54) is 18.2 Å². The van der Waals surface area contributed by atoms with Crippen molar-refractivity contribution in [3.8, 4) is 16.9 Å². The van der Waals surface area contributed by atoms with Crippen LogP contribution >= 0.6 is 23.4 Å². The number of hydrogen-bond donors (Lipinski definition) is 1. The largest absolute Gasteiger partial charge is 0.487 e. The first-order chi connectivity index (χ1) is 25.7. The van der Waals surface area contributed by atoms with E-state index in [0.717, 1.165) is 61.6 Å². The summed E-state index contributed by atoms with van der Waals surface area (Å²) >= 11 is 8.05. The fourth-order valence-electron chi connectivity index (χ4n) is 6.68. The van der Waals surface area contributed by atoms with Crippen molar-refractivity contribution >= 4 is 50.2 Å². The number of thioether (sulfide) groups is 1. The lowest BCUT2D eigenvalue weighted by molar-refractivity contribution is 0.0952. The number of amides is 1. The SMILES string of the molecule is CC1Cc2c(OCc3ccc(-c4ccccc4)cn3)ccc3c2c(c(Cc2ccc(C(=O)NS(=O)(=O)c4ccccc4)o2)n3Cc2ccc(Cl)cc2)S1. The van der Waals surface area contributed by atoms with Gasteiger partial charge in [0.15, 0.2) is 5.76 Å². The number of ether oxygens (including phenoxy) is 1. The summed E-state index contributed by atoms with van der Waals surface area (Å²) in [4.78, 5) is 18.9. The molecule has 11 heteroatoms. The van der Waals surface area contributed by atoms with Gasteiger partial charge >= 0.3 is 5.91 Å². The van der Waals surface area contributed by atoms with Gasteiger partial charge in [-0.25, -0.2) is 13.1 Å². The number of furan rings is 1. The van der Waals surface area contributed by atoms with Crippen LogP contribution in [0.25, 0.3) is 22.0 Å². The molecule has 1 aliphatic heterocycles. The lowest BCUT2D eigenvalue weighted by atomic mass is 10.0. The van der Waals surface area contributed by atoms with Crippen LogP contribution in [-0.2, 0) is 36.0 Å². The van der Waals surface area contributed by atoms with Crippen LogP contribution in [0.2, 0.25) is 5.02 Å². The zero-order valence-corrected chi connectivity index (χ0v) is 31.0. The number of sulfonamides is 1. The number of carbonyl (C=O) groups is 1. The monoisotopic (exact) mass is 759 g/mol. The van der Waals surface area contributed by atoms with Gasteiger partial charge in [-0.2, -0.15) is 0 Å². The predicted molar refractivity (Wildman–Crippen MR) is 208 cm³/mol. The van der Waals surface area contributed by atoms with E-state index in [9.17, 15) is 13.2 Å². The average Bonchev–Trinajstić information content (AvgIpc) is 3.76. The Morgan fingerprint density at radius 1 is 0.925 bits per heavy atom. The standard InChI is InChI=1S/C42H34ClN3O5S2/c1-27-22-35-38(50-26-32-17-14-30(24-44-32)29-8-4-2-5-9-29)21-19-36-40(35)41(52-27)37(46(36)25-28-12-15-31(43)16-13-28)23-33-18-20-39(51-33)42(47)45-53(48,49)34-10-6-3-7-11-34/h2-21,24,27H,22-23,25-26H2,1H3,(H,45,47). The Hall–Kier alpha value is -5.29. The van der Waals surface area contributed by atoms with Crippen LogP contribution in [0.4, 0.5) is 0 Å². The number of rotatable bonds is 11. The van der Waals surface area contributed by atoms with Gasteiger partial charge in [-0.1, -0.05) is 85.3 Å². The molecule has 1 aliphatic rings. The Labute approximate surface area is 316 Å². The summed E-state index contributed by atoms with van der Waals surface area (Å²) in [6.07, 6.45) is 3.09. The van der Waals surface area contributed by atoms with E-state index in [1.807, 2.05) is 72.6 Å². The molecule has 53 heavy (non-hydrogen) atoms. The summed E-state index contributed by atoms with van der Waals surface area (Å²) in [6, 6.07) is 37.2. The molecule has 3 aromatic heterocycles. The van der Waals surface area contributed by atoms with Gasteiger partial charge in [0.25, 0.3) is 10.0 Å². The van der Waals surface area contributed by atoms with Gasteiger partial charge in [0, 0.05) is 56.5 Å². The Balaban J connectivity index is 1.11. The first-order valence-electron chi connectivity index (χ1n) is 17.1. The first-order valence-corrected chi connectivity index (χ1v) is 19.9. The van der Waals surface area contributed by atoms with Crippen molar-refractivity contribution < 1.29 is 22.4 Å². The number of halogens is 1. The van der Waals surface area contributed by atoms with Crippen LogP contribution in [0.3, 0.4) is 0 Å². The number of benzene rings is 4. The van der Waals surface area contributed by atoms with E-state index < -0.39 is 15.9 Å². The Morgan fingerprint density at radius 3 is 2.42 bits per heavy atom. The van der Waals surface area contributed by atoms with Crippen LogP contribution < -0.4 is 9.46 Å². The Kier molecular flexibility index (Phi) is 9.59. The molecule has 1 N–H and O–H groups in total. The highest BCUT2D eigenvalue weighted by molar-refractivity contribution is 8.00. The van der Waals surface area contributed by atoms with Crippen molar-refractivity contribution in [2.75, 3.05) is 0 Å². The van der Waals surface area contributed by atoms with E-state index in [2.05, 4.69) is 45.5 Å². The quantitative estimate of drug-likeness (QED) is 0.140. The molecular weight excluding hydrogens is 726 g/mol. The minimum Gasteiger partial charge on any atom is -0.487 e. The maximum Gasteiger partial charge on any atom is 0.300 e. The maximum atomic E-state index is 13.1. The molecule has 4 heterocycles. The average molecular weight is 760 g/mol. The van der Waals surface area contributed by atoms with Crippen LogP contribution in [0.15, 0.2) is 142 Å².